The van der Waals surface area contributed by atoms with Gasteiger partial charge in [-0.2, -0.15) is 0 Å². The summed E-state index contributed by atoms with van der Waals surface area (Å²) >= 11 is 5.94. The van der Waals surface area contributed by atoms with E-state index in [9.17, 15) is 9.59 Å². The third-order valence-corrected chi connectivity index (χ3v) is 3.28. The Morgan fingerprint density at radius 2 is 2.29 bits per heavy atom. The molecule has 1 fully saturated rings. The van der Waals surface area contributed by atoms with Gasteiger partial charge in [0.05, 0.1) is 17.9 Å². The molecule has 1 atom stereocenters. The first-order valence-electron chi connectivity index (χ1n) is 6.82. The molecule has 0 aromatic heterocycles. The average molecular weight is 312 g/mol. The molecule has 0 radical (unpaired) electrons. The van der Waals surface area contributed by atoms with E-state index in [1.807, 2.05) is 6.92 Å². The minimum atomic E-state index is -0.570. The number of nitrogens with one attached hydrogen (secondary N) is 3. The number of hydrogen-bond acceptors (Lipinski definition) is 4. The molecular weight excluding hydrogens is 294 g/mol. The van der Waals surface area contributed by atoms with E-state index in [0.717, 1.165) is 6.54 Å². The van der Waals surface area contributed by atoms with Crippen molar-refractivity contribution in [2.75, 3.05) is 31.6 Å². The lowest BCUT2D eigenvalue weighted by atomic mass is 10.1. The molecule has 21 heavy (non-hydrogen) atoms. The smallest absolute Gasteiger partial charge is 0.254 e. The lowest BCUT2D eigenvalue weighted by Crippen LogP contribution is -2.45. The van der Waals surface area contributed by atoms with Gasteiger partial charge in [-0.25, -0.2) is 0 Å². The van der Waals surface area contributed by atoms with Crippen molar-refractivity contribution in [2.45, 2.75) is 13.0 Å². The van der Waals surface area contributed by atoms with Gasteiger partial charge in [0.25, 0.3) is 11.8 Å². The molecule has 0 saturated carbocycles. The number of benzene rings is 1. The molecule has 1 aliphatic rings. The molecule has 2 rings (SSSR count). The third kappa shape index (κ3) is 4.17. The van der Waals surface area contributed by atoms with E-state index in [-0.39, 0.29) is 11.8 Å². The van der Waals surface area contributed by atoms with E-state index >= 15 is 0 Å². The van der Waals surface area contributed by atoms with E-state index in [4.69, 9.17) is 16.3 Å². The van der Waals surface area contributed by atoms with Crippen molar-refractivity contribution < 1.29 is 14.3 Å². The molecule has 7 heteroatoms. The normalized spacial score (nSPS) is 18.1. The number of ether oxygens (including phenoxy) is 1. The zero-order valence-corrected chi connectivity index (χ0v) is 12.5. The van der Waals surface area contributed by atoms with Gasteiger partial charge in [-0.05, 0) is 25.1 Å². The van der Waals surface area contributed by atoms with Crippen LogP contribution in [0.4, 0.5) is 5.69 Å². The van der Waals surface area contributed by atoms with Gasteiger partial charge in [0.15, 0.2) is 0 Å². The number of rotatable bonds is 4. The van der Waals surface area contributed by atoms with Crippen LogP contribution in [0.25, 0.3) is 0 Å². The van der Waals surface area contributed by atoms with Gasteiger partial charge in [-0.1, -0.05) is 11.6 Å². The summed E-state index contributed by atoms with van der Waals surface area (Å²) in [4.78, 5) is 24.1. The lowest BCUT2D eigenvalue weighted by Gasteiger charge is -2.23. The first-order chi connectivity index (χ1) is 10.1. The summed E-state index contributed by atoms with van der Waals surface area (Å²) in [5.41, 5.74) is 0.756. The number of carbonyl (C=O) groups is 2. The first-order valence-corrected chi connectivity index (χ1v) is 7.20. The summed E-state index contributed by atoms with van der Waals surface area (Å²) in [6.45, 7) is 3.99. The van der Waals surface area contributed by atoms with Gasteiger partial charge >= 0.3 is 0 Å². The minimum absolute atomic E-state index is 0.257. The Kier molecular flexibility index (Phi) is 5.55. The number of anilines is 1. The van der Waals surface area contributed by atoms with E-state index < -0.39 is 6.10 Å². The Bertz CT molecular complexity index is 530. The molecule has 0 unspecified atom stereocenters. The second-order valence-electron chi connectivity index (χ2n) is 4.60. The maximum atomic E-state index is 12.2. The van der Waals surface area contributed by atoms with Crippen LogP contribution in [0.3, 0.4) is 0 Å². The third-order valence-electron chi connectivity index (χ3n) is 3.04. The fraction of sp³-hybridized carbons (Fsp3) is 0.429. The van der Waals surface area contributed by atoms with Crippen molar-refractivity contribution in [1.82, 2.24) is 10.6 Å². The van der Waals surface area contributed by atoms with Crippen LogP contribution >= 0.6 is 11.6 Å². The Morgan fingerprint density at radius 3 is 2.95 bits per heavy atom. The average Bonchev–Trinajstić information content (AvgIpc) is 2.48. The molecular formula is C14H18ClN3O3. The van der Waals surface area contributed by atoms with Gasteiger partial charge in [0.1, 0.15) is 6.10 Å². The SMILES string of the molecule is CCNC(=O)c1ccc(Cl)cc1NC(=O)[C@H]1CNCCO1. The number of halogens is 1. The zero-order valence-electron chi connectivity index (χ0n) is 11.7. The molecule has 0 bridgehead atoms. The molecule has 0 aliphatic carbocycles. The van der Waals surface area contributed by atoms with Crippen molar-refractivity contribution in [3.05, 3.63) is 28.8 Å². The first kappa shape index (κ1) is 15.8. The second kappa shape index (κ2) is 7.40. The summed E-state index contributed by atoms with van der Waals surface area (Å²) in [5.74, 6) is -0.554. The van der Waals surface area contributed by atoms with Crippen molar-refractivity contribution >= 4 is 29.1 Å². The van der Waals surface area contributed by atoms with Crippen LogP contribution in [0.1, 0.15) is 17.3 Å². The number of morpholine rings is 1. The molecule has 1 saturated heterocycles. The Hall–Kier alpha value is -1.63. The maximum Gasteiger partial charge on any atom is 0.254 e. The molecule has 2 amide bonds. The van der Waals surface area contributed by atoms with Crippen LogP contribution in [0.15, 0.2) is 18.2 Å². The van der Waals surface area contributed by atoms with Crippen LogP contribution in [-0.2, 0) is 9.53 Å². The predicted octanol–water partition coefficient (Wildman–Crippen LogP) is 1.02. The highest BCUT2D eigenvalue weighted by Gasteiger charge is 2.23. The fourth-order valence-electron chi connectivity index (χ4n) is 2.02. The van der Waals surface area contributed by atoms with E-state index in [2.05, 4.69) is 16.0 Å². The van der Waals surface area contributed by atoms with Crippen molar-refractivity contribution in [2.24, 2.45) is 0 Å². The Morgan fingerprint density at radius 1 is 1.48 bits per heavy atom. The number of carbonyl (C=O) groups excluding carboxylic acids is 2. The van der Waals surface area contributed by atoms with Crippen LogP contribution in [-0.4, -0.2) is 44.2 Å². The lowest BCUT2D eigenvalue weighted by molar-refractivity contribution is -0.128. The Balaban J connectivity index is 2.15. The predicted molar refractivity (Wildman–Crippen MR) is 80.7 cm³/mol. The van der Waals surface area contributed by atoms with E-state index in [1.165, 1.54) is 0 Å². The minimum Gasteiger partial charge on any atom is -0.366 e. The molecule has 1 aromatic carbocycles. The fourth-order valence-corrected chi connectivity index (χ4v) is 2.19. The summed E-state index contributed by atoms with van der Waals surface area (Å²) < 4.78 is 5.38. The number of hydrogen-bond donors (Lipinski definition) is 3. The highest BCUT2D eigenvalue weighted by atomic mass is 35.5. The van der Waals surface area contributed by atoms with Crippen LogP contribution in [0.2, 0.25) is 5.02 Å². The van der Waals surface area contributed by atoms with Crippen molar-refractivity contribution in [1.29, 1.82) is 0 Å². The largest absolute Gasteiger partial charge is 0.366 e. The molecule has 1 aliphatic heterocycles. The molecule has 1 heterocycles. The summed E-state index contributed by atoms with van der Waals surface area (Å²) in [6.07, 6.45) is -0.570. The topological polar surface area (TPSA) is 79.5 Å². The summed E-state index contributed by atoms with van der Waals surface area (Å²) in [5, 5.41) is 8.93. The van der Waals surface area contributed by atoms with Crippen LogP contribution in [0, 0.1) is 0 Å². The summed E-state index contributed by atoms with van der Waals surface area (Å²) in [6, 6.07) is 4.75. The summed E-state index contributed by atoms with van der Waals surface area (Å²) in [7, 11) is 0. The molecule has 1 aromatic rings. The number of amides is 2. The van der Waals surface area contributed by atoms with Crippen molar-refractivity contribution in [3.8, 4) is 0 Å². The molecule has 3 N–H and O–H groups in total. The highest BCUT2D eigenvalue weighted by molar-refractivity contribution is 6.31. The van der Waals surface area contributed by atoms with Crippen LogP contribution in [0.5, 0.6) is 0 Å². The Labute approximate surface area is 128 Å². The van der Waals surface area contributed by atoms with Gasteiger partial charge in [0.2, 0.25) is 0 Å². The maximum absolute atomic E-state index is 12.2. The van der Waals surface area contributed by atoms with Gasteiger partial charge < -0.3 is 20.7 Å². The van der Waals surface area contributed by atoms with Gasteiger partial charge in [-0.15, -0.1) is 0 Å². The van der Waals surface area contributed by atoms with Crippen molar-refractivity contribution in [3.63, 3.8) is 0 Å². The monoisotopic (exact) mass is 311 g/mol. The molecule has 114 valence electrons. The highest BCUT2D eigenvalue weighted by Crippen LogP contribution is 2.21. The van der Waals surface area contributed by atoms with E-state index in [1.54, 1.807) is 18.2 Å². The molecule has 6 nitrogen and oxygen atoms in total. The van der Waals surface area contributed by atoms with Gasteiger partial charge in [-0.3, -0.25) is 9.59 Å². The standard InChI is InChI=1S/C14H18ClN3O3/c1-2-17-13(19)10-4-3-9(15)7-11(10)18-14(20)12-8-16-5-6-21-12/h3-4,7,12,16H,2,5-6,8H2,1H3,(H,17,19)(H,18,20)/t12-/m1/s1. The quantitative estimate of drug-likeness (QED) is 0.775. The van der Waals surface area contributed by atoms with Gasteiger partial charge in [0, 0.05) is 24.7 Å². The van der Waals surface area contributed by atoms with E-state index in [0.29, 0.717) is 36.0 Å². The second-order valence-corrected chi connectivity index (χ2v) is 5.04. The molecule has 0 spiro atoms. The zero-order chi connectivity index (χ0) is 15.2. The van der Waals surface area contributed by atoms with Crippen LogP contribution < -0.4 is 16.0 Å².